The highest BCUT2D eigenvalue weighted by molar-refractivity contribution is 6.04. The first-order chi connectivity index (χ1) is 11.1. The average Bonchev–Trinajstić information content (AvgIpc) is 2.54. The molecule has 2 aromatic rings. The molecule has 0 spiro atoms. The van der Waals surface area contributed by atoms with Crippen molar-refractivity contribution < 1.29 is 9.59 Å². The first-order valence-corrected chi connectivity index (χ1v) is 7.36. The van der Waals surface area contributed by atoms with Gasteiger partial charge >= 0.3 is 0 Å². The summed E-state index contributed by atoms with van der Waals surface area (Å²) in [5, 5.41) is 2.92. The van der Waals surface area contributed by atoms with Gasteiger partial charge < -0.3 is 16.8 Å². The molecule has 0 bridgehead atoms. The Morgan fingerprint density at radius 1 is 1.17 bits per heavy atom. The predicted molar refractivity (Wildman–Crippen MR) is 84.5 cm³/mol. The summed E-state index contributed by atoms with van der Waals surface area (Å²) in [7, 11) is 0. The maximum atomic E-state index is 12.5. The first kappa shape index (κ1) is 15.0. The van der Waals surface area contributed by atoms with E-state index in [9.17, 15) is 9.59 Å². The first-order valence-electron chi connectivity index (χ1n) is 7.36. The van der Waals surface area contributed by atoms with Gasteiger partial charge in [0.25, 0.3) is 11.8 Å². The highest BCUT2D eigenvalue weighted by Crippen LogP contribution is 2.31. The van der Waals surface area contributed by atoms with E-state index >= 15 is 0 Å². The second kappa shape index (κ2) is 6.04. The minimum Gasteiger partial charge on any atom is -0.399 e. The molecule has 3 rings (SSSR count). The summed E-state index contributed by atoms with van der Waals surface area (Å²) in [4.78, 5) is 31.6. The normalized spacial score (nSPS) is 16.4. The van der Waals surface area contributed by atoms with Crippen LogP contribution in [0.2, 0.25) is 0 Å². The Balaban J connectivity index is 1.87. The van der Waals surface area contributed by atoms with Crippen molar-refractivity contribution in [1.29, 1.82) is 0 Å². The van der Waals surface area contributed by atoms with Gasteiger partial charge in [-0.15, -0.1) is 0 Å². The van der Waals surface area contributed by atoms with Gasteiger partial charge in [-0.25, -0.2) is 9.97 Å². The summed E-state index contributed by atoms with van der Waals surface area (Å²) in [6.07, 6.45) is 5.39. The average molecular weight is 311 g/mol. The van der Waals surface area contributed by atoms with E-state index in [1.807, 2.05) is 18.2 Å². The van der Waals surface area contributed by atoms with E-state index in [1.54, 1.807) is 0 Å². The van der Waals surface area contributed by atoms with Crippen molar-refractivity contribution in [1.82, 2.24) is 15.3 Å². The second-order valence-corrected chi connectivity index (χ2v) is 5.49. The Kier molecular flexibility index (Phi) is 3.92. The number of amides is 2. The number of aromatic nitrogens is 2. The zero-order valence-electron chi connectivity index (χ0n) is 12.5. The lowest BCUT2D eigenvalue weighted by Crippen LogP contribution is -2.33. The van der Waals surface area contributed by atoms with E-state index in [0.717, 1.165) is 30.4 Å². The van der Waals surface area contributed by atoms with Gasteiger partial charge in [-0.1, -0.05) is 6.07 Å². The zero-order valence-corrected chi connectivity index (χ0v) is 12.5. The van der Waals surface area contributed by atoms with Crippen molar-refractivity contribution >= 4 is 17.5 Å². The van der Waals surface area contributed by atoms with Crippen LogP contribution in [0.25, 0.3) is 0 Å². The number of rotatable bonds is 3. The fourth-order valence-corrected chi connectivity index (χ4v) is 2.90. The van der Waals surface area contributed by atoms with Crippen molar-refractivity contribution in [3.05, 3.63) is 53.1 Å². The van der Waals surface area contributed by atoms with Crippen molar-refractivity contribution in [2.75, 3.05) is 5.73 Å². The monoisotopic (exact) mass is 311 g/mol. The van der Waals surface area contributed by atoms with E-state index in [1.165, 1.54) is 12.4 Å². The zero-order chi connectivity index (χ0) is 16.4. The maximum absolute atomic E-state index is 12.5. The van der Waals surface area contributed by atoms with Gasteiger partial charge in [0.05, 0.1) is 6.04 Å². The van der Waals surface area contributed by atoms with Crippen LogP contribution in [-0.2, 0) is 6.42 Å². The molecule has 118 valence electrons. The third-order valence-corrected chi connectivity index (χ3v) is 3.93. The number of benzene rings is 1. The van der Waals surface area contributed by atoms with E-state index < -0.39 is 11.8 Å². The fourth-order valence-electron chi connectivity index (χ4n) is 2.90. The summed E-state index contributed by atoms with van der Waals surface area (Å²) < 4.78 is 0. The molecule has 1 aromatic heterocycles. The van der Waals surface area contributed by atoms with Gasteiger partial charge in [0, 0.05) is 18.1 Å². The summed E-state index contributed by atoms with van der Waals surface area (Å²) in [5.74, 6) is -1.23. The fraction of sp³-hybridized carbons (Fsp3) is 0.250. The number of hydrogen-bond donors (Lipinski definition) is 3. The Morgan fingerprint density at radius 2 is 1.91 bits per heavy atom. The van der Waals surface area contributed by atoms with Gasteiger partial charge in [0.15, 0.2) is 11.4 Å². The van der Waals surface area contributed by atoms with Crippen LogP contribution in [0.1, 0.15) is 51.0 Å². The maximum Gasteiger partial charge on any atom is 0.272 e. The van der Waals surface area contributed by atoms with Crippen molar-refractivity contribution in [2.45, 2.75) is 25.3 Å². The van der Waals surface area contributed by atoms with Crippen molar-refractivity contribution in [2.24, 2.45) is 5.73 Å². The molecular formula is C16H17N5O2. The summed E-state index contributed by atoms with van der Waals surface area (Å²) in [6.45, 7) is 0. The summed E-state index contributed by atoms with van der Waals surface area (Å²) in [6, 6.07) is 5.54. The summed E-state index contributed by atoms with van der Waals surface area (Å²) >= 11 is 0. The molecule has 5 N–H and O–H groups in total. The highest BCUT2D eigenvalue weighted by Gasteiger charge is 2.25. The van der Waals surface area contributed by atoms with Crippen molar-refractivity contribution in [3.63, 3.8) is 0 Å². The number of nitrogens with one attached hydrogen (secondary N) is 1. The third-order valence-electron chi connectivity index (χ3n) is 3.93. The molecule has 1 heterocycles. The molecule has 1 aliphatic rings. The standard InChI is InChI=1S/C16H17N5O2/c17-10-4-5-11-9(8-10)2-1-3-12(11)21-16(23)14-13(15(18)22)19-6-7-20-14/h4-8,12H,1-3,17H2,(H2,18,22)(H,21,23). The van der Waals surface area contributed by atoms with Crippen LogP contribution in [0.4, 0.5) is 5.69 Å². The lowest BCUT2D eigenvalue weighted by atomic mass is 9.87. The molecule has 7 heteroatoms. The van der Waals surface area contributed by atoms with Gasteiger partial charge in [-0.2, -0.15) is 0 Å². The van der Waals surface area contributed by atoms with Gasteiger partial charge in [0.1, 0.15) is 0 Å². The predicted octanol–water partition coefficient (Wildman–Crippen LogP) is 0.965. The number of carbonyl (C=O) groups is 2. The quantitative estimate of drug-likeness (QED) is 0.728. The molecule has 0 aliphatic heterocycles. The van der Waals surface area contributed by atoms with Crippen LogP contribution >= 0.6 is 0 Å². The molecule has 1 aliphatic carbocycles. The van der Waals surface area contributed by atoms with Crippen molar-refractivity contribution in [3.8, 4) is 0 Å². The number of nitrogen functional groups attached to an aromatic ring is 1. The van der Waals surface area contributed by atoms with E-state index in [4.69, 9.17) is 11.5 Å². The van der Waals surface area contributed by atoms with Crippen LogP contribution in [-0.4, -0.2) is 21.8 Å². The van der Waals surface area contributed by atoms with Gasteiger partial charge in [-0.05, 0) is 42.5 Å². The smallest absolute Gasteiger partial charge is 0.272 e. The Bertz CT molecular complexity index is 775. The molecule has 0 saturated carbocycles. The lowest BCUT2D eigenvalue weighted by Gasteiger charge is -2.26. The van der Waals surface area contributed by atoms with Crippen LogP contribution in [0.5, 0.6) is 0 Å². The van der Waals surface area contributed by atoms with Gasteiger partial charge in [-0.3, -0.25) is 9.59 Å². The Labute approximate surface area is 133 Å². The van der Waals surface area contributed by atoms with Crippen LogP contribution in [0, 0.1) is 0 Å². The second-order valence-electron chi connectivity index (χ2n) is 5.49. The molecule has 7 nitrogen and oxygen atoms in total. The van der Waals surface area contributed by atoms with E-state index in [0.29, 0.717) is 5.69 Å². The number of fused-ring (bicyclic) bond motifs is 1. The van der Waals surface area contributed by atoms with Gasteiger partial charge in [0.2, 0.25) is 0 Å². The Morgan fingerprint density at radius 3 is 2.65 bits per heavy atom. The molecule has 1 unspecified atom stereocenters. The lowest BCUT2D eigenvalue weighted by molar-refractivity contribution is 0.0911. The van der Waals surface area contributed by atoms with E-state index in [-0.39, 0.29) is 17.4 Å². The molecule has 0 fully saturated rings. The molecule has 23 heavy (non-hydrogen) atoms. The number of anilines is 1. The topological polar surface area (TPSA) is 124 Å². The van der Waals surface area contributed by atoms with E-state index in [2.05, 4.69) is 15.3 Å². The minimum atomic E-state index is -0.778. The number of nitrogens with two attached hydrogens (primary N) is 2. The van der Waals surface area contributed by atoms with Crippen LogP contribution in [0.15, 0.2) is 30.6 Å². The number of aryl methyl sites for hydroxylation is 1. The molecule has 0 saturated heterocycles. The molecule has 2 amide bonds. The molecule has 0 radical (unpaired) electrons. The molecule has 1 aromatic carbocycles. The third kappa shape index (κ3) is 2.98. The summed E-state index contributed by atoms with van der Waals surface area (Å²) in [5.41, 5.74) is 13.8. The molecule has 1 atom stereocenters. The minimum absolute atomic E-state index is 0.0532. The van der Waals surface area contributed by atoms with Crippen LogP contribution < -0.4 is 16.8 Å². The SMILES string of the molecule is NC(=O)c1nccnc1C(=O)NC1CCCc2cc(N)ccc21. The highest BCUT2D eigenvalue weighted by atomic mass is 16.2. The molecular weight excluding hydrogens is 294 g/mol. The Hall–Kier alpha value is -2.96. The largest absolute Gasteiger partial charge is 0.399 e. The number of hydrogen-bond acceptors (Lipinski definition) is 5. The number of primary amides is 1. The number of nitrogens with zero attached hydrogens (tertiary/aromatic N) is 2. The van der Waals surface area contributed by atoms with Crippen LogP contribution in [0.3, 0.4) is 0 Å². The number of carbonyl (C=O) groups excluding carboxylic acids is 2.